The number of hydrogen-bond donors (Lipinski definition) is 1. The second-order valence-corrected chi connectivity index (χ2v) is 8.01. The first-order chi connectivity index (χ1) is 9.94. The third kappa shape index (κ3) is 3.06. The van der Waals surface area contributed by atoms with Crippen LogP contribution in [0.15, 0.2) is 35.3 Å². The van der Waals surface area contributed by atoms with Gasteiger partial charge in [-0.1, -0.05) is 23.7 Å². The van der Waals surface area contributed by atoms with Crippen LogP contribution in [0.2, 0.25) is 5.02 Å². The number of benzene rings is 1. The fourth-order valence-corrected chi connectivity index (χ4v) is 4.30. The van der Waals surface area contributed by atoms with Gasteiger partial charge in [0.1, 0.15) is 9.84 Å². The average Bonchev–Trinajstić information content (AvgIpc) is 2.81. The maximum atomic E-state index is 12.1. The molecule has 1 N–H and O–H groups in total. The lowest BCUT2D eigenvalue weighted by atomic mass is 10.1. The van der Waals surface area contributed by atoms with Crippen molar-refractivity contribution in [3.05, 3.63) is 46.0 Å². The number of sulfone groups is 1. The number of imidazole rings is 1. The van der Waals surface area contributed by atoms with Crippen LogP contribution in [0.5, 0.6) is 0 Å². The predicted molar refractivity (Wildman–Crippen MR) is 82.4 cm³/mol. The number of nitrogens with one attached hydrogen (secondary N) is 1. The van der Waals surface area contributed by atoms with E-state index in [0.717, 1.165) is 5.56 Å². The van der Waals surface area contributed by atoms with Crippen molar-refractivity contribution in [3.63, 3.8) is 0 Å². The van der Waals surface area contributed by atoms with E-state index in [1.165, 1.54) is 0 Å². The molecule has 1 aliphatic rings. The highest BCUT2D eigenvalue weighted by molar-refractivity contribution is 7.91. The van der Waals surface area contributed by atoms with Gasteiger partial charge in [0, 0.05) is 22.8 Å². The van der Waals surface area contributed by atoms with Gasteiger partial charge in [0.25, 0.3) is 0 Å². The van der Waals surface area contributed by atoms with Crippen molar-refractivity contribution in [1.82, 2.24) is 9.55 Å². The molecule has 21 heavy (non-hydrogen) atoms. The van der Waals surface area contributed by atoms with E-state index in [1.807, 2.05) is 12.1 Å². The Bertz CT molecular complexity index is 809. The van der Waals surface area contributed by atoms with Gasteiger partial charge in [0.15, 0.2) is 0 Å². The van der Waals surface area contributed by atoms with Crippen molar-refractivity contribution in [2.45, 2.75) is 18.9 Å². The summed E-state index contributed by atoms with van der Waals surface area (Å²) in [5, 5.41) is 0.602. The van der Waals surface area contributed by atoms with Gasteiger partial charge in [-0.25, -0.2) is 13.2 Å². The van der Waals surface area contributed by atoms with Crippen LogP contribution in [0.25, 0.3) is 11.3 Å². The Balaban J connectivity index is 1.90. The third-order valence-corrected chi connectivity index (χ3v) is 5.75. The van der Waals surface area contributed by atoms with Crippen molar-refractivity contribution >= 4 is 21.4 Å². The van der Waals surface area contributed by atoms with Gasteiger partial charge in [-0.15, -0.1) is 0 Å². The predicted octanol–water partition coefficient (Wildman–Crippen LogP) is 2.25. The van der Waals surface area contributed by atoms with E-state index in [4.69, 9.17) is 11.6 Å². The summed E-state index contributed by atoms with van der Waals surface area (Å²) in [6, 6.07) is 7.17. The van der Waals surface area contributed by atoms with Crippen molar-refractivity contribution in [1.29, 1.82) is 0 Å². The van der Waals surface area contributed by atoms with Crippen molar-refractivity contribution in [3.8, 4) is 11.3 Å². The number of nitrogens with zero attached hydrogens (tertiary/aromatic N) is 1. The first-order valence-corrected chi connectivity index (χ1v) is 8.92. The van der Waals surface area contributed by atoms with Gasteiger partial charge >= 0.3 is 5.69 Å². The van der Waals surface area contributed by atoms with Gasteiger partial charge in [0.05, 0.1) is 17.2 Å². The fraction of sp³-hybridized carbons (Fsp3) is 0.357. The molecule has 0 unspecified atom stereocenters. The first kappa shape index (κ1) is 14.4. The zero-order valence-electron chi connectivity index (χ0n) is 11.3. The monoisotopic (exact) mass is 326 g/mol. The fourth-order valence-electron chi connectivity index (χ4n) is 2.64. The maximum Gasteiger partial charge on any atom is 0.326 e. The lowest BCUT2D eigenvalue weighted by Gasteiger charge is -2.22. The molecule has 0 amide bonds. The molecule has 0 saturated carbocycles. The highest BCUT2D eigenvalue weighted by Crippen LogP contribution is 2.25. The van der Waals surface area contributed by atoms with E-state index in [0.29, 0.717) is 23.6 Å². The molecule has 0 aliphatic carbocycles. The SMILES string of the molecule is O=c1[nH]c(-c2cccc(Cl)c2)cn1C1CCS(=O)(=O)CC1. The number of rotatable bonds is 2. The summed E-state index contributed by atoms with van der Waals surface area (Å²) in [6.07, 6.45) is 2.71. The Morgan fingerprint density at radius 3 is 2.62 bits per heavy atom. The molecule has 112 valence electrons. The Morgan fingerprint density at radius 2 is 1.95 bits per heavy atom. The van der Waals surface area contributed by atoms with Gasteiger partial charge in [0.2, 0.25) is 0 Å². The summed E-state index contributed by atoms with van der Waals surface area (Å²) < 4.78 is 24.5. The van der Waals surface area contributed by atoms with Crippen LogP contribution in [0.1, 0.15) is 18.9 Å². The Hall–Kier alpha value is -1.53. The van der Waals surface area contributed by atoms with Gasteiger partial charge in [-0.3, -0.25) is 4.57 Å². The van der Waals surface area contributed by atoms with E-state index in [9.17, 15) is 13.2 Å². The summed E-state index contributed by atoms with van der Waals surface area (Å²) >= 11 is 5.96. The topological polar surface area (TPSA) is 71.9 Å². The molecule has 1 saturated heterocycles. The number of aromatic nitrogens is 2. The van der Waals surface area contributed by atoms with Crippen LogP contribution in [0.3, 0.4) is 0 Å². The summed E-state index contributed by atoms with van der Waals surface area (Å²) in [5.74, 6) is 0.281. The molecular formula is C14H15ClN2O3S. The Kier molecular flexibility index (Phi) is 3.67. The molecule has 0 spiro atoms. The van der Waals surface area contributed by atoms with E-state index in [-0.39, 0.29) is 23.2 Å². The molecule has 2 heterocycles. The second kappa shape index (κ2) is 5.35. The number of halogens is 1. The molecule has 0 atom stereocenters. The van der Waals surface area contributed by atoms with Crippen molar-refractivity contribution in [2.75, 3.05) is 11.5 Å². The minimum Gasteiger partial charge on any atom is -0.306 e. The maximum absolute atomic E-state index is 12.1. The van der Waals surface area contributed by atoms with E-state index in [1.54, 1.807) is 22.9 Å². The lowest BCUT2D eigenvalue weighted by molar-refractivity contribution is 0.440. The second-order valence-electron chi connectivity index (χ2n) is 5.27. The summed E-state index contributed by atoms with van der Waals surface area (Å²) in [5.41, 5.74) is 1.31. The van der Waals surface area contributed by atoms with Crippen LogP contribution in [0.4, 0.5) is 0 Å². The standard InChI is InChI=1S/C14H15ClN2O3S/c15-11-3-1-2-10(8-11)13-9-17(14(18)16-13)12-4-6-21(19,20)7-5-12/h1-3,8-9,12H,4-7H2,(H,16,18). The van der Waals surface area contributed by atoms with Gasteiger partial charge in [-0.05, 0) is 25.0 Å². The number of aromatic amines is 1. The highest BCUT2D eigenvalue weighted by atomic mass is 35.5. The van der Waals surface area contributed by atoms with E-state index in [2.05, 4.69) is 4.98 Å². The molecule has 7 heteroatoms. The molecule has 1 fully saturated rings. The molecule has 0 bridgehead atoms. The van der Waals surface area contributed by atoms with E-state index < -0.39 is 9.84 Å². The molecule has 2 aromatic rings. The van der Waals surface area contributed by atoms with Crippen molar-refractivity contribution in [2.24, 2.45) is 0 Å². The molecule has 3 rings (SSSR count). The number of H-pyrrole nitrogens is 1. The summed E-state index contributed by atoms with van der Waals surface area (Å²) in [6.45, 7) is 0. The largest absolute Gasteiger partial charge is 0.326 e. The van der Waals surface area contributed by atoms with E-state index >= 15 is 0 Å². The van der Waals surface area contributed by atoms with Crippen LogP contribution >= 0.6 is 11.6 Å². The summed E-state index contributed by atoms with van der Waals surface area (Å²) in [7, 11) is -2.93. The Morgan fingerprint density at radius 1 is 1.24 bits per heavy atom. The van der Waals surface area contributed by atoms with Gasteiger partial charge in [-0.2, -0.15) is 0 Å². The third-order valence-electron chi connectivity index (χ3n) is 3.80. The average molecular weight is 327 g/mol. The van der Waals surface area contributed by atoms with Crippen LogP contribution < -0.4 is 5.69 Å². The van der Waals surface area contributed by atoms with Gasteiger partial charge < -0.3 is 4.98 Å². The van der Waals surface area contributed by atoms with Crippen LogP contribution in [-0.4, -0.2) is 29.5 Å². The summed E-state index contributed by atoms with van der Waals surface area (Å²) in [4.78, 5) is 14.9. The normalized spacial score (nSPS) is 18.7. The van der Waals surface area contributed by atoms with Crippen LogP contribution in [-0.2, 0) is 9.84 Å². The molecule has 1 aromatic carbocycles. The molecular weight excluding hydrogens is 312 g/mol. The zero-order valence-corrected chi connectivity index (χ0v) is 12.8. The molecule has 0 radical (unpaired) electrons. The quantitative estimate of drug-likeness (QED) is 0.920. The van der Waals surface area contributed by atoms with Crippen molar-refractivity contribution < 1.29 is 8.42 Å². The first-order valence-electron chi connectivity index (χ1n) is 6.72. The minimum absolute atomic E-state index is 0.0646. The molecule has 1 aliphatic heterocycles. The van der Waals surface area contributed by atoms with Crippen LogP contribution in [0, 0.1) is 0 Å². The highest BCUT2D eigenvalue weighted by Gasteiger charge is 2.26. The smallest absolute Gasteiger partial charge is 0.306 e. The molecule has 5 nitrogen and oxygen atoms in total. The number of hydrogen-bond acceptors (Lipinski definition) is 3. The minimum atomic E-state index is -2.93. The molecule has 1 aromatic heterocycles. The zero-order chi connectivity index (χ0) is 15.0. The Labute approximate surface area is 127 Å². The lowest BCUT2D eigenvalue weighted by Crippen LogP contribution is -2.30.